The Bertz CT molecular complexity index is 581. The van der Waals surface area contributed by atoms with E-state index in [1.165, 1.54) is 12.1 Å². The number of rotatable bonds is 4. The van der Waals surface area contributed by atoms with Gasteiger partial charge in [0.1, 0.15) is 17.3 Å². The summed E-state index contributed by atoms with van der Waals surface area (Å²) in [5, 5.41) is 3.00. The standard InChI is InChI=1S/C16H18FNO/c1-11-4-5-12(2)16(6-11)19-15-8-13(10-18-3)7-14(17)9-15/h4-9,18H,10H2,1-3H3. The second-order valence-electron chi connectivity index (χ2n) is 4.70. The first-order valence-electron chi connectivity index (χ1n) is 6.27. The second kappa shape index (κ2) is 5.85. The van der Waals surface area contributed by atoms with Crippen LogP contribution in [0, 0.1) is 19.7 Å². The molecule has 0 saturated heterocycles. The lowest BCUT2D eigenvalue weighted by atomic mass is 10.1. The van der Waals surface area contributed by atoms with E-state index in [1.807, 2.05) is 45.2 Å². The van der Waals surface area contributed by atoms with E-state index in [9.17, 15) is 4.39 Å². The van der Waals surface area contributed by atoms with Crippen molar-refractivity contribution >= 4 is 0 Å². The van der Waals surface area contributed by atoms with Crippen LogP contribution in [0.1, 0.15) is 16.7 Å². The maximum atomic E-state index is 13.5. The second-order valence-corrected chi connectivity index (χ2v) is 4.70. The van der Waals surface area contributed by atoms with Gasteiger partial charge in [0.25, 0.3) is 0 Å². The molecule has 0 fully saturated rings. The number of hydrogen-bond acceptors (Lipinski definition) is 2. The summed E-state index contributed by atoms with van der Waals surface area (Å²) in [5.41, 5.74) is 3.01. The molecule has 0 radical (unpaired) electrons. The van der Waals surface area contributed by atoms with Crippen LogP contribution in [0.15, 0.2) is 36.4 Å². The molecule has 0 aliphatic heterocycles. The van der Waals surface area contributed by atoms with Crippen LogP contribution < -0.4 is 10.1 Å². The Hall–Kier alpha value is -1.87. The highest BCUT2D eigenvalue weighted by molar-refractivity contribution is 5.40. The minimum absolute atomic E-state index is 0.284. The van der Waals surface area contributed by atoms with Crippen molar-refractivity contribution < 1.29 is 9.13 Å². The van der Waals surface area contributed by atoms with Crippen LogP contribution >= 0.6 is 0 Å². The molecule has 100 valence electrons. The molecule has 0 unspecified atom stereocenters. The van der Waals surface area contributed by atoms with Gasteiger partial charge in [0.2, 0.25) is 0 Å². The Balaban J connectivity index is 2.29. The van der Waals surface area contributed by atoms with Crippen LogP contribution in [0.25, 0.3) is 0 Å². The van der Waals surface area contributed by atoms with Crippen LogP contribution in [0.4, 0.5) is 4.39 Å². The van der Waals surface area contributed by atoms with E-state index in [0.717, 1.165) is 22.4 Å². The molecule has 0 atom stereocenters. The monoisotopic (exact) mass is 259 g/mol. The van der Waals surface area contributed by atoms with Crippen molar-refractivity contribution in [3.63, 3.8) is 0 Å². The molecule has 1 N–H and O–H groups in total. The highest BCUT2D eigenvalue weighted by atomic mass is 19.1. The van der Waals surface area contributed by atoms with Crippen molar-refractivity contribution in [3.8, 4) is 11.5 Å². The van der Waals surface area contributed by atoms with Gasteiger partial charge in [-0.3, -0.25) is 0 Å². The fourth-order valence-electron chi connectivity index (χ4n) is 1.93. The molecule has 0 aliphatic rings. The van der Waals surface area contributed by atoms with E-state index in [4.69, 9.17) is 4.74 Å². The zero-order valence-electron chi connectivity index (χ0n) is 11.5. The third-order valence-corrected chi connectivity index (χ3v) is 2.88. The molecule has 0 saturated carbocycles. The normalized spacial score (nSPS) is 10.5. The molecular formula is C16H18FNO. The maximum absolute atomic E-state index is 13.5. The Morgan fingerprint density at radius 1 is 1.11 bits per heavy atom. The SMILES string of the molecule is CNCc1cc(F)cc(Oc2cc(C)ccc2C)c1. The van der Waals surface area contributed by atoms with E-state index in [2.05, 4.69) is 5.32 Å². The molecule has 19 heavy (non-hydrogen) atoms. The van der Waals surface area contributed by atoms with Gasteiger partial charge in [-0.05, 0) is 55.8 Å². The van der Waals surface area contributed by atoms with E-state index in [0.29, 0.717) is 12.3 Å². The van der Waals surface area contributed by atoms with Gasteiger partial charge in [-0.15, -0.1) is 0 Å². The fraction of sp³-hybridized carbons (Fsp3) is 0.250. The molecule has 2 aromatic rings. The number of nitrogens with one attached hydrogen (secondary N) is 1. The molecule has 0 amide bonds. The van der Waals surface area contributed by atoms with Crippen molar-refractivity contribution in [1.82, 2.24) is 5.32 Å². The maximum Gasteiger partial charge on any atom is 0.130 e. The van der Waals surface area contributed by atoms with Crippen LogP contribution in [0.2, 0.25) is 0 Å². The van der Waals surface area contributed by atoms with Crippen molar-refractivity contribution in [2.24, 2.45) is 0 Å². The van der Waals surface area contributed by atoms with Crippen LogP contribution in [-0.2, 0) is 6.54 Å². The molecule has 2 rings (SSSR count). The largest absolute Gasteiger partial charge is 0.457 e. The van der Waals surface area contributed by atoms with Crippen molar-refractivity contribution in [3.05, 3.63) is 58.9 Å². The zero-order chi connectivity index (χ0) is 13.8. The first kappa shape index (κ1) is 13.6. The van der Waals surface area contributed by atoms with Crippen LogP contribution in [0.5, 0.6) is 11.5 Å². The summed E-state index contributed by atoms with van der Waals surface area (Å²) in [7, 11) is 1.83. The molecule has 2 nitrogen and oxygen atoms in total. The molecule has 0 heterocycles. The average Bonchev–Trinajstić information content (AvgIpc) is 2.33. The third-order valence-electron chi connectivity index (χ3n) is 2.88. The smallest absolute Gasteiger partial charge is 0.130 e. The van der Waals surface area contributed by atoms with Crippen LogP contribution in [-0.4, -0.2) is 7.05 Å². The van der Waals surface area contributed by atoms with Gasteiger partial charge in [-0.1, -0.05) is 12.1 Å². The van der Waals surface area contributed by atoms with Gasteiger partial charge in [0, 0.05) is 12.6 Å². The zero-order valence-corrected chi connectivity index (χ0v) is 11.5. The summed E-state index contributed by atoms with van der Waals surface area (Å²) >= 11 is 0. The van der Waals surface area contributed by atoms with E-state index in [1.54, 1.807) is 0 Å². The predicted molar refractivity (Wildman–Crippen MR) is 75.2 cm³/mol. The van der Waals surface area contributed by atoms with E-state index in [-0.39, 0.29) is 5.82 Å². The molecule has 0 spiro atoms. The quantitative estimate of drug-likeness (QED) is 0.897. The summed E-state index contributed by atoms with van der Waals surface area (Å²) in [4.78, 5) is 0. The van der Waals surface area contributed by atoms with Gasteiger partial charge in [0.15, 0.2) is 0 Å². The number of benzene rings is 2. The highest BCUT2D eigenvalue weighted by Crippen LogP contribution is 2.27. The molecular weight excluding hydrogens is 241 g/mol. The van der Waals surface area contributed by atoms with Gasteiger partial charge in [0.05, 0.1) is 0 Å². The first-order chi connectivity index (χ1) is 9.08. The minimum Gasteiger partial charge on any atom is -0.457 e. The summed E-state index contributed by atoms with van der Waals surface area (Å²) in [6.07, 6.45) is 0. The highest BCUT2D eigenvalue weighted by Gasteiger charge is 2.05. The summed E-state index contributed by atoms with van der Waals surface area (Å²) < 4.78 is 19.3. The topological polar surface area (TPSA) is 21.3 Å². The first-order valence-corrected chi connectivity index (χ1v) is 6.27. The Morgan fingerprint density at radius 2 is 1.89 bits per heavy atom. The van der Waals surface area contributed by atoms with E-state index >= 15 is 0 Å². The Morgan fingerprint density at radius 3 is 2.63 bits per heavy atom. The molecule has 0 aliphatic carbocycles. The van der Waals surface area contributed by atoms with Gasteiger partial charge < -0.3 is 10.1 Å². The lowest BCUT2D eigenvalue weighted by Crippen LogP contribution is -2.05. The summed E-state index contributed by atoms with van der Waals surface area (Å²) in [5.74, 6) is 1.01. The molecule has 0 bridgehead atoms. The Kier molecular flexibility index (Phi) is 4.17. The Labute approximate surface area is 113 Å². The lowest BCUT2D eigenvalue weighted by molar-refractivity contribution is 0.471. The molecule has 2 aromatic carbocycles. The number of hydrogen-bond donors (Lipinski definition) is 1. The van der Waals surface area contributed by atoms with Crippen LogP contribution in [0.3, 0.4) is 0 Å². The van der Waals surface area contributed by atoms with Crippen molar-refractivity contribution in [1.29, 1.82) is 0 Å². The summed E-state index contributed by atoms with van der Waals surface area (Å²) in [6.45, 7) is 4.59. The molecule has 3 heteroatoms. The van der Waals surface area contributed by atoms with Crippen molar-refractivity contribution in [2.45, 2.75) is 20.4 Å². The molecule has 0 aromatic heterocycles. The number of aryl methyl sites for hydroxylation is 2. The summed E-state index contributed by atoms with van der Waals surface area (Å²) in [6, 6.07) is 10.7. The van der Waals surface area contributed by atoms with E-state index < -0.39 is 0 Å². The fourth-order valence-corrected chi connectivity index (χ4v) is 1.93. The van der Waals surface area contributed by atoms with Gasteiger partial charge >= 0.3 is 0 Å². The van der Waals surface area contributed by atoms with Gasteiger partial charge in [-0.2, -0.15) is 0 Å². The number of halogens is 1. The van der Waals surface area contributed by atoms with Gasteiger partial charge in [-0.25, -0.2) is 4.39 Å². The predicted octanol–water partition coefficient (Wildman–Crippen LogP) is 3.95. The average molecular weight is 259 g/mol. The minimum atomic E-state index is -0.284. The van der Waals surface area contributed by atoms with Crippen molar-refractivity contribution in [2.75, 3.05) is 7.05 Å². The number of ether oxygens (including phenoxy) is 1. The third kappa shape index (κ3) is 3.55. The lowest BCUT2D eigenvalue weighted by Gasteiger charge is -2.11.